The molecule has 1 aliphatic rings. The molecule has 172 valence electrons. The first-order valence-electron chi connectivity index (χ1n) is 11.6. The summed E-state index contributed by atoms with van der Waals surface area (Å²) in [6.45, 7) is 8.21. The molecular weight excluding hydrogens is 414 g/mol. The Kier molecular flexibility index (Phi) is 8.02. The lowest BCUT2D eigenvalue weighted by Gasteiger charge is -2.25. The van der Waals surface area contributed by atoms with Crippen molar-refractivity contribution < 1.29 is 14.7 Å². The van der Waals surface area contributed by atoms with Crippen LogP contribution in [0.1, 0.15) is 60.3 Å². The SMILES string of the molecule is CC.Cc1c(C(=O)CN2CCCCC2)c2ccc(CC(=O)O)cc2n1-c1ccc(C#N)cc1. The summed E-state index contributed by atoms with van der Waals surface area (Å²) in [7, 11) is 0. The molecule has 1 saturated heterocycles. The van der Waals surface area contributed by atoms with Crippen molar-refractivity contribution in [2.75, 3.05) is 19.6 Å². The van der Waals surface area contributed by atoms with Crippen LogP contribution in [0.2, 0.25) is 0 Å². The molecule has 0 radical (unpaired) electrons. The summed E-state index contributed by atoms with van der Waals surface area (Å²) in [6.07, 6.45) is 3.38. The topological polar surface area (TPSA) is 86.3 Å². The molecule has 1 aromatic heterocycles. The molecular formula is C27H31N3O3. The van der Waals surface area contributed by atoms with Gasteiger partial charge in [0, 0.05) is 22.3 Å². The maximum Gasteiger partial charge on any atom is 0.307 e. The van der Waals surface area contributed by atoms with Crippen molar-refractivity contribution in [1.82, 2.24) is 9.47 Å². The van der Waals surface area contributed by atoms with Crippen molar-refractivity contribution in [2.45, 2.75) is 46.5 Å². The van der Waals surface area contributed by atoms with E-state index in [-0.39, 0.29) is 12.2 Å². The number of likely N-dealkylation sites (tertiary alicyclic amines) is 1. The zero-order valence-corrected chi connectivity index (χ0v) is 19.6. The molecule has 0 unspecified atom stereocenters. The Morgan fingerprint density at radius 2 is 1.70 bits per heavy atom. The molecule has 0 amide bonds. The van der Waals surface area contributed by atoms with E-state index < -0.39 is 5.97 Å². The smallest absolute Gasteiger partial charge is 0.307 e. The van der Waals surface area contributed by atoms with Crippen LogP contribution in [-0.2, 0) is 11.2 Å². The van der Waals surface area contributed by atoms with Crippen LogP contribution >= 0.6 is 0 Å². The number of benzene rings is 2. The molecule has 0 bridgehead atoms. The van der Waals surface area contributed by atoms with Crippen molar-refractivity contribution in [3.8, 4) is 11.8 Å². The molecule has 6 heteroatoms. The molecule has 2 heterocycles. The largest absolute Gasteiger partial charge is 0.481 e. The van der Waals surface area contributed by atoms with Gasteiger partial charge in [0.15, 0.2) is 5.78 Å². The molecule has 3 aromatic rings. The number of Topliss-reactive ketones (excluding diaryl/α,β-unsaturated/α-hetero) is 1. The van der Waals surface area contributed by atoms with Gasteiger partial charge in [0.1, 0.15) is 0 Å². The second-order valence-corrected chi connectivity index (χ2v) is 8.14. The van der Waals surface area contributed by atoms with Crippen molar-refractivity contribution in [2.24, 2.45) is 0 Å². The maximum atomic E-state index is 13.4. The Labute approximate surface area is 195 Å². The molecule has 2 aromatic carbocycles. The van der Waals surface area contributed by atoms with Crippen molar-refractivity contribution >= 4 is 22.7 Å². The monoisotopic (exact) mass is 445 g/mol. The summed E-state index contributed by atoms with van der Waals surface area (Å²) in [6, 6.07) is 14.8. The molecule has 1 fully saturated rings. The van der Waals surface area contributed by atoms with E-state index in [0.29, 0.717) is 23.2 Å². The van der Waals surface area contributed by atoms with Gasteiger partial charge in [-0.15, -0.1) is 0 Å². The number of carboxylic acids is 1. The fourth-order valence-corrected chi connectivity index (χ4v) is 4.51. The average Bonchev–Trinajstić information content (AvgIpc) is 3.11. The van der Waals surface area contributed by atoms with Gasteiger partial charge < -0.3 is 9.67 Å². The zero-order valence-electron chi connectivity index (χ0n) is 19.6. The van der Waals surface area contributed by atoms with Crippen LogP contribution in [0.4, 0.5) is 0 Å². The Balaban J connectivity index is 0.00000149. The lowest BCUT2D eigenvalue weighted by atomic mass is 10.0. The van der Waals surface area contributed by atoms with Crippen LogP contribution in [0, 0.1) is 18.3 Å². The number of ketones is 1. The van der Waals surface area contributed by atoms with Crippen LogP contribution in [-0.4, -0.2) is 46.0 Å². The second-order valence-electron chi connectivity index (χ2n) is 8.14. The number of aromatic nitrogens is 1. The number of hydrogen-bond donors (Lipinski definition) is 1. The zero-order chi connectivity index (χ0) is 24.0. The first-order valence-corrected chi connectivity index (χ1v) is 11.6. The Morgan fingerprint density at radius 3 is 2.30 bits per heavy atom. The van der Waals surface area contributed by atoms with Gasteiger partial charge in [-0.2, -0.15) is 5.26 Å². The van der Waals surface area contributed by atoms with Crippen LogP contribution in [0.3, 0.4) is 0 Å². The third-order valence-electron chi connectivity index (χ3n) is 5.97. The highest BCUT2D eigenvalue weighted by atomic mass is 16.4. The number of carbonyl (C=O) groups is 2. The summed E-state index contributed by atoms with van der Waals surface area (Å²) in [4.78, 5) is 26.8. The molecule has 0 aliphatic carbocycles. The van der Waals surface area contributed by atoms with Crippen LogP contribution in [0.25, 0.3) is 16.6 Å². The highest BCUT2D eigenvalue weighted by Gasteiger charge is 2.23. The third-order valence-corrected chi connectivity index (χ3v) is 5.97. The fourth-order valence-electron chi connectivity index (χ4n) is 4.51. The fraction of sp³-hybridized carbons (Fsp3) is 0.370. The molecule has 0 saturated carbocycles. The standard InChI is InChI=1S/C25H25N3O3.C2H6/c1-17-25(23(29)16-27-11-3-2-4-12-27)21-10-7-19(14-24(30)31)13-22(21)28(17)20-8-5-18(15-26)6-9-20;1-2/h5-10,13H,2-4,11-12,14,16H2,1H3,(H,30,31);1-2H3. The number of piperidine rings is 1. The highest BCUT2D eigenvalue weighted by Crippen LogP contribution is 2.31. The van der Waals surface area contributed by atoms with Crippen LogP contribution in [0.5, 0.6) is 0 Å². The van der Waals surface area contributed by atoms with Crippen molar-refractivity contribution in [1.29, 1.82) is 5.26 Å². The second kappa shape index (κ2) is 10.9. The summed E-state index contributed by atoms with van der Waals surface area (Å²) < 4.78 is 1.99. The average molecular weight is 446 g/mol. The molecule has 1 aliphatic heterocycles. The molecule has 4 rings (SSSR count). The van der Waals surface area contributed by atoms with Crippen LogP contribution < -0.4 is 0 Å². The number of fused-ring (bicyclic) bond motifs is 1. The van der Waals surface area contributed by atoms with Gasteiger partial charge >= 0.3 is 5.97 Å². The van der Waals surface area contributed by atoms with E-state index in [1.54, 1.807) is 18.2 Å². The van der Waals surface area contributed by atoms with Crippen molar-refractivity contribution in [3.05, 3.63) is 64.8 Å². The summed E-state index contributed by atoms with van der Waals surface area (Å²) in [5, 5.41) is 19.2. The van der Waals surface area contributed by atoms with Gasteiger partial charge in [-0.1, -0.05) is 32.4 Å². The number of carbonyl (C=O) groups excluding carboxylic acids is 1. The lowest BCUT2D eigenvalue weighted by molar-refractivity contribution is -0.136. The summed E-state index contributed by atoms with van der Waals surface area (Å²) in [5.41, 5.74) is 4.41. The summed E-state index contributed by atoms with van der Waals surface area (Å²) in [5.74, 6) is -0.809. The molecule has 1 N–H and O–H groups in total. The minimum atomic E-state index is -0.894. The van der Waals surface area contributed by atoms with E-state index in [9.17, 15) is 14.7 Å². The first kappa shape index (κ1) is 24.2. The maximum absolute atomic E-state index is 13.4. The van der Waals surface area contributed by atoms with Gasteiger partial charge in [-0.25, -0.2) is 0 Å². The van der Waals surface area contributed by atoms with Gasteiger partial charge in [-0.3, -0.25) is 14.5 Å². The third kappa shape index (κ3) is 5.32. The van der Waals surface area contributed by atoms with E-state index in [0.717, 1.165) is 48.2 Å². The van der Waals surface area contributed by atoms with Gasteiger partial charge in [-0.05, 0) is 68.8 Å². The molecule has 0 atom stereocenters. The van der Waals surface area contributed by atoms with E-state index in [1.807, 2.05) is 49.6 Å². The van der Waals surface area contributed by atoms with E-state index in [4.69, 9.17) is 5.26 Å². The predicted molar refractivity (Wildman–Crippen MR) is 130 cm³/mol. The highest BCUT2D eigenvalue weighted by molar-refractivity contribution is 6.11. The Bertz CT molecular complexity index is 1180. The lowest BCUT2D eigenvalue weighted by Crippen LogP contribution is -2.34. The number of nitrogens with zero attached hydrogens (tertiary/aromatic N) is 3. The van der Waals surface area contributed by atoms with E-state index in [1.165, 1.54) is 6.42 Å². The van der Waals surface area contributed by atoms with E-state index in [2.05, 4.69) is 11.0 Å². The molecule has 33 heavy (non-hydrogen) atoms. The first-order chi connectivity index (χ1) is 16.0. The van der Waals surface area contributed by atoms with Gasteiger partial charge in [0.2, 0.25) is 0 Å². The normalized spacial score (nSPS) is 13.8. The minimum absolute atomic E-state index is 0.0788. The number of rotatable bonds is 6. The number of nitriles is 1. The number of hydrogen-bond acceptors (Lipinski definition) is 4. The number of aliphatic carboxylic acids is 1. The van der Waals surface area contributed by atoms with Crippen LogP contribution in [0.15, 0.2) is 42.5 Å². The van der Waals surface area contributed by atoms with Crippen molar-refractivity contribution in [3.63, 3.8) is 0 Å². The number of carboxylic acid groups (broad SMARTS) is 1. The molecule has 6 nitrogen and oxygen atoms in total. The molecule has 0 spiro atoms. The minimum Gasteiger partial charge on any atom is -0.481 e. The van der Waals surface area contributed by atoms with Gasteiger partial charge in [0.05, 0.1) is 30.1 Å². The summed E-state index contributed by atoms with van der Waals surface area (Å²) >= 11 is 0. The Hall–Kier alpha value is -3.43. The van der Waals surface area contributed by atoms with Gasteiger partial charge in [0.25, 0.3) is 0 Å². The van der Waals surface area contributed by atoms with E-state index >= 15 is 0 Å². The Morgan fingerprint density at radius 1 is 1.03 bits per heavy atom. The quantitative estimate of drug-likeness (QED) is 0.532. The predicted octanol–water partition coefficient (Wildman–Crippen LogP) is 5.13.